The summed E-state index contributed by atoms with van der Waals surface area (Å²) in [5.74, 6) is -0.0149. The van der Waals surface area contributed by atoms with Gasteiger partial charge < -0.3 is 10.6 Å². The first kappa shape index (κ1) is 15.1. The van der Waals surface area contributed by atoms with Crippen molar-refractivity contribution >= 4 is 17.7 Å². The maximum atomic E-state index is 12.1. The lowest BCUT2D eigenvalue weighted by Gasteiger charge is -2.28. The number of benzene rings is 1. The summed E-state index contributed by atoms with van der Waals surface area (Å²) < 4.78 is 0. The molecule has 0 spiro atoms. The molecule has 1 amide bonds. The minimum absolute atomic E-state index is 0.0149. The highest BCUT2D eigenvalue weighted by molar-refractivity contribution is 7.98. The molecule has 100 valence electrons. The molecular weight excluding hydrogens is 244 g/mol. The summed E-state index contributed by atoms with van der Waals surface area (Å²) in [5.41, 5.74) is 6.32. The van der Waals surface area contributed by atoms with Gasteiger partial charge in [-0.3, -0.25) is 4.79 Å². The van der Waals surface area contributed by atoms with Crippen molar-refractivity contribution in [1.29, 1.82) is 0 Å². The molecule has 0 aromatic heterocycles. The van der Waals surface area contributed by atoms with Gasteiger partial charge in [-0.15, -0.1) is 11.8 Å². The van der Waals surface area contributed by atoms with E-state index in [4.69, 9.17) is 5.73 Å². The van der Waals surface area contributed by atoms with Gasteiger partial charge in [-0.05, 0) is 37.3 Å². The lowest BCUT2D eigenvalue weighted by atomic mass is 9.98. The van der Waals surface area contributed by atoms with Crippen molar-refractivity contribution < 1.29 is 4.79 Å². The summed E-state index contributed by atoms with van der Waals surface area (Å²) in [6.07, 6.45) is 2.69. The van der Waals surface area contributed by atoms with Gasteiger partial charge in [-0.2, -0.15) is 0 Å². The van der Waals surface area contributed by atoms with E-state index in [0.29, 0.717) is 13.0 Å². The molecule has 1 unspecified atom stereocenters. The number of likely N-dealkylation sites (N-methyl/N-ethyl adjacent to an activating group) is 1. The van der Waals surface area contributed by atoms with Gasteiger partial charge >= 0.3 is 0 Å². The largest absolute Gasteiger partial charge is 0.340 e. The number of nitrogens with zero attached hydrogens (tertiary/aromatic N) is 1. The van der Waals surface area contributed by atoms with Gasteiger partial charge in [0.05, 0.1) is 5.54 Å². The SMILES string of the molecule is CCC(C)(N)C(=O)N(C)Cc1ccc(SC)cc1. The van der Waals surface area contributed by atoms with E-state index in [1.165, 1.54) is 4.90 Å². The Hall–Kier alpha value is -1.00. The van der Waals surface area contributed by atoms with Gasteiger partial charge in [0.2, 0.25) is 5.91 Å². The summed E-state index contributed by atoms with van der Waals surface area (Å²) in [7, 11) is 1.80. The Morgan fingerprint density at radius 1 is 1.39 bits per heavy atom. The van der Waals surface area contributed by atoms with Crippen LogP contribution in [0.5, 0.6) is 0 Å². The molecule has 0 aliphatic heterocycles. The van der Waals surface area contributed by atoms with Crippen molar-refractivity contribution in [2.24, 2.45) is 5.73 Å². The third-order valence-electron chi connectivity index (χ3n) is 3.15. The smallest absolute Gasteiger partial charge is 0.242 e. The Morgan fingerprint density at radius 3 is 2.39 bits per heavy atom. The molecule has 1 rings (SSSR count). The van der Waals surface area contributed by atoms with Crippen LogP contribution in [0.15, 0.2) is 29.2 Å². The van der Waals surface area contributed by atoms with Crippen molar-refractivity contribution in [2.75, 3.05) is 13.3 Å². The van der Waals surface area contributed by atoms with Crippen LogP contribution in [0.2, 0.25) is 0 Å². The van der Waals surface area contributed by atoms with Crippen LogP contribution in [0.4, 0.5) is 0 Å². The molecule has 1 aromatic rings. The number of amides is 1. The molecule has 0 aliphatic carbocycles. The summed E-state index contributed by atoms with van der Waals surface area (Å²) >= 11 is 1.71. The molecule has 2 N–H and O–H groups in total. The molecular formula is C14H22N2OS. The topological polar surface area (TPSA) is 46.3 Å². The lowest BCUT2D eigenvalue weighted by Crippen LogP contribution is -2.51. The van der Waals surface area contributed by atoms with Crippen LogP contribution in [-0.4, -0.2) is 29.6 Å². The van der Waals surface area contributed by atoms with Gasteiger partial charge in [0.15, 0.2) is 0 Å². The van der Waals surface area contributed by atoms with E-state index in [9.17, 15) is 4.79 Å². The molecule has 0 radical (unpaired) electrons. The second-order valence-electron chi connectivity index (χ2n) is 4.78. The number of hydrogen-bond acceptors (Lipinski definition) is 3. The van der Waals surface area contributed by atoms with Crippen LogP contribution in [0.3, 0.4) is 0 Å². The molecule has 0 bridgehead atoms. The van der Waals surface area contributed by atoms with Crippen LogP contribution in [0, 0.1) is 0 Å². The summed E-state index contributed by atoms with van der Waals surface area (Å²) in [6.45, 7) is 4.31. The van der Waals surface area contributed by atoms with Crippen molar-refractivity contribution in [2.45, 2.75) is 37.2 Å². The first-order valence-electron chi connectivity index (χ1n) is 6.08. The molecule has 0 saturated heterocycles. The third kappa shape index (κ3) is 3.75. The number of thioether (sulfide) groups is 1. The number of hydrogen-bond donors (Lipinski definition) is 1. The molecule has 0 aliphatic rings. The minimum Gasteiger partial charge on any atom is -0.340 e. The molecule has 1 atom stereocenters. The summed E-state index contributed by atoms with van der Waals surface area (Å²) in [5, 5.41) is 0. The van der Waals surface area contributed by atoms with Gasteiger partial charge in [0.1, 0.15) is 0 Å². The summed E-state index contributed by atoms with van der Waals surface area (Å²) in [4.78, 5) is 15.0. The van der Waals surface area contributed by atoms with Crippen molar-refractivity contribution in [1.82, 2.24) is 4.90 Å². The molecule has 18 heavy (non-hydrogen) atoms. The fourth-order valence-electron chi connectivity index (χ4n) is 1.66. The fraction of sp³-hybridized carbons (Fsp3) is 0.500. The first-order chi connectivity index (χ1) is 8.40. The summed E-state index contributed by atoms with van der Waals surface area (Å²) in [6, 6.07) is 8.24. The second kappa shape index (κ2) is 6.25. The average Bonchev–Trinajstić information content (AvgIpc) is 2.38. The first-order valence-corrected chi connectivity index (χ1v) is 7.30. The van der Waals surface area contributed by atoms with E-state index in [2.05, 4.69) is 24.3 Å². The molecule has 1 aromatic carbocycles. The Kier molecular flexibility index (Phi) is 5.23. The third-order valence-corrected chi connectivity index (χ3v) is 3.89. The Labute approximate surface area is 114 Å². The molecule has 3 nitrogen and oxygen atoms in total. The van der Waals surface area contributed by atoms with Gasteiger partial charge in [-0.25, -0.2) is 0 Å². The number of carbonyl (C=O) groups is 1. The number of carbonyl (C=O) groups excluding carboxylic acids is 1. The van der Waals surface area contributed by atoms with Crippen molar-refractivity contribution in [3.63, 3.8) is 0 Å². The van der Waals surface area contributed by atoms with Crippen molar-refractivity contribution in [3.05, 3.63) is 29.8 Å². The van der Waals surface area contributed by atoms with Gasteiger partial charge in [0.25, 0.3) is 0 Å². The highest BCUT2D eigenvalue weighted by atomic mass is 32.2. The van der Waals surface area contributed by atoms with Crippen LogP contribution in [0.1, 0.15) is 25.8 Å². The highest BCUT2D eigenvalue weighted by Crippen LogP contribution is 2.16. The second-order valence-corrected chi connectivity index (χ2v) is 5.66. The normalized spacial score (nSPS) is 14.1. The molecule has 0 fully saturated rings. The van der Waals surface area contributed by atoms with E-state index in [1.54, 1.807) is 30.6 Å². The van der Waals surface area contributed by atoms with Crippen LogP contribution >= 0.6 is 11.8 Å². The highest BCUT2D eigenvalue weighted by Gasteiger charge is 2.28. The molecule has 4 heteroatoms. The Morgan fingerprint density at radius 2 is 1.94 bits per heavy atom. The standard InChI is InChI=1S/C14H22N2OS/c1-5-14(2,15)13(17)16(3)10-11-6-8-12(18-4)9-7-11/h6-9H,5,10,15H2,1-4H3. The average molecular weight is 266 g/mol. The van der Waals surface area contributed by atoms with Crippen LogP contribution in [-0.2, 0) is 11.3 Å². The maximum Gasteiger partial charge on any atom is 0.242 e. The molecule has 0 heterocycles. The van der Waals surface area contributed by atoms with E-state index in [1.807, 2.05) is 13.2 Å². The minimum atomic E-state index is -0.770. The fourth-order valence-corrected chi connectivity index (χ4v) is 2.07. The predicted molar refractivity (Wildman–Crippen MR) is 77.6 cm³/mol. The van der Waals surface area contributed by atoms with E-state index in [0.717, 1.165) is 5.56 Å². The maximum absolute atomic E-state index is 12.1. The van der Waals surface area contributed by atoms with Crippen LogP contribution in [0.25, 0.3) is 0 Å². The quantitative estimate of drug-likeness (QED) is 0.833. The zero-order valence-electron chi connectivity index (χ0n) is 11.6. The number of rotatable bonds is 5. The van der Waals surface area contributed by atoms with E-state index >= 15 is 0 Å². The zero-order valence-corrected chi connectivity index (χ0v) is 12.4. The van der Waals surface area contributed by atoms with Crippen LogP contribution < -0.4 is 5.73 Å². The Bertz CT molecular complexity index is 401. The van der Waals surface area contributed by atoms with Crippen molar-refractivity contribution in [3.8, 4) is 0 Å². The number of nitrogens with two attached hydrogens (primary N) is 1. The predicted octanol–water partition coefficient (Wildman–Crippen LogP) is 2.49. The van der Waals surface area contributed by atoms with Gasteiger partial charge in [0, 0.05) is 18.5 Å². The molecule has 0 saturated carbocycles. The Balaban J connectivity index is 2.69. The zero-order chi connectivity index (χ0) is 13.8. The van der Waals surface area contributed by atoms with Gasteiger partial charge in [-0.1, -0.05) is 19.1 Å². The lowest BCUT2D eigenvalue weighted by molar-refractivity contribution is -0.135. The monoisotopic (exact) mass is 266 g/mol. The van der Waals surface area contributed by atoms with E-state index in [-0.39, 0.29) is 5.91 Å². The van der Waals surface area contributed by atoms with E-state index < -0.39 is 5.54 Å².